The Morgan fingerprint density at radius 3 is 1.83 bits per heavy atom. The molecule has 0 aromatic heterocycles. The topological polar surface area (TPSA) is 0 Å². The molecule has 0 fully saturated rings. The van der Waals surface area contributed by atoms with Gasteiger partial charge in [-0.2, -0.15) is 0 Å². The average molecular weight is 198 g/mol. The summed E-state index contributed by atoms with van der Waals surface area (Å²) in [5.41, 5.74) is 1.49. The first-order valence-electron chi connectivity index (χ1n) is 4.56. The molecule has 0 amide bonds. The number of hydrogen-bond donors (Lipinski definition) is 0. The Morgan fingerprint density at radius 2 is 1.75 bits per heavy atom. The monoisotopic (exact) mass is 198 g/mol. The quantitative estimate of drug-likeness (QED) is 0.473. The van der Waals surface area contributed by atoms with Gasteiger partial charge in [0.05, 0.1) is 0 Å². The maximum atomic E-state index is 3.98. The van der Waals surface area contributed by atoms with Gasteiger partial charge in [0, 0.05) is 20.5 Å². The molecule has 0 rings (SSSR count). The summed E-state index contributed by atoms with van der Waals surface area (Å²) in [6.45, 7) is 13.0. The zero-order valence-electron chi connectivity index (χ0n) is 9.36. The van der Waals surface area contributed by atoms with Crippen molar-refractivity contribution in [3.05, 3.63) is 24.3 Å². The van der Waals surface area contributed by atoms with Crippen LogP contribution in [0.3, 0.4) is 0 Å². The Balaban J connectivity index is 5.08. The van der Waals surface area contributed by atoms with Gasteiger partial charge in [0.1, 0.15) is 0 Å². The lowest BCUT2D eigenvalue weighted by Crippen LogP contribution is -2.25. The zero-order valence-corrected chi connectivity index (χ0v) is 13.4. The van der Waals surface area contributed by atoms with E-state index in [-0.39, 0.29) is 0 Å². The van der Waals surface area contributed by atoms with Crippen molar-refractivity contribution in [2.45, 2.75) is 37.8 Å². The van der Waals surface area contributed by atoms with E-state index in [4.69, 9.17) is 0 Å². The highest BCUT2D eigenvalue weighted by Crippen LogP contribution is 2.52. The minimum atomic E-state index is 0.313. The Labute approximate surface area is 83.0 Å². The van der Waals surface area contributed by atoms with Crippen LogP contribution < -0.4 is 0 Å². The zero-order chi connectivity index (χ0) is 9.99. The maximum absolute atomic E-state index is 3.98. The minimum Gasteiger partial charge on any atom is -0.103 e. The third-order valence-corrected chi connectivity index (χ3v) is 7.95. The molecule has 0 saturated carbocycles. The van der Waals surface area contributed by atoms with Crippen molar-refractivity contribution in [2.75, 3.05) is 0 Å². The van der Waals surface area contributed by atoms with E-state index in [2.05, 4.69) is 46.4 Å². The smallest absolute Gasteiger partial charge is 0.0208 e. The molecule has 0 bridgehead atoms. The molecule has 2 heteroatoms. The van der Waals surface area contributed by atoms with E-state index < -0.39 is 0 Å². The first kappa shape index (κ1) is 11.9. The first-order valence-corrected chi connectivity index (χ1v) is 6.56. The third kappa shape index (κ3) is 1.99. The standard InChI is InChI=1S/C10H22Si2/c1-6-8(3)10(12,7-2)9(4,5)11/h6-7H,2H2,1,3-5,11-12H3. The van der Waals surface area contributed by atoms with Crippen LogP contribution in [-0.2, 0) is 0 Å². The van der Waals surface area contributed by atoms with Gasteiger partial charge in [0.15, 0.2) is 0 Å². The summed E-state index contributed by atoms with van der Waals surface area (Å²) in [5.74, 6) is 0. The van der Waals surface area contributed by atoms with E-state index in [0.717, 1.165) is 0 Å². The fraction of sp³-hybridized carbons (Fsp3) is 0.600. The lowest BCUT2D eigenvalue weighted by atomic mass is 9.86. The molecular weight excluding hydrogens is 176 g/mol. The average Bonchev–Trinajstić information content (AvgIpc) is 1.99. The van der Waals surface area contributed by atoms with Crippen LogP contribution in [0.25, 0.3) is 0 Å². The Bertz CT molecular complexity index is 198. The SMILES string of the molecule is C=CC([SiH3])(C(C)=CC)C(C)(C)[SiH3]. The molecule has 0 aromatic carbocycles. The van der Waals surface area contributed by atoms with E-state index >= 15 is 0 Å². The predicted molar refractivity (Wildman–Crippen MR) is 66.2 cm³/mol. The highest BCUT2D eigenvalue weighted by molar-refractivity contribution is 6.28. The summed E-state index contributed by atoms with van der Waals surface area (Å²) < 4.78 is 0. The van der Waals surface area contributed by atoms with Gasteiger partial charge in [-0.25, -0.2) is 0 Å². The van der Waals surface area contributed by atoms with Gasteiger partial charge < -0.3 is 0 Å². The molecule has 12 heavy (non-hydrogen) atoms. The largest absolute Gasteiger partial charge is 0.103 e. The van der Waals surface area contributed by atoms with Gasteiger partial charge in [-0.3, -0.25) is 0 Å². The van der Waals surface area contributed by atoms with Crippen LogP contribution in [0.5, 0.6) is 0 Å². The summed E-state index contributed by atoms with van der Waals surface area (Å²) in [7, 11) is 2.39. The second-order valence-corrected chi connectivity index (χ2v) is 8.71. The van der Waals surface area contributed by atoms with Crippen molar-refractivity contribution in [3.8, 4) is 0 Å². The van der Waals surface area contributed by atoms with Crippen LogP contribution in [0.15, 0.2) is 24.3 Å². The van der Waals surface area contributed by atoms with Crippen LogP contribution in [0.2, 0.25) is 10.1 Å². The second-order valence-electron chi connectivity index (χ2n) is 4.63. The van der Waals surface area contributed by atoms with Gasteiger partial charge in [0.25, 0.3) is 0 Å². The fourth-order valence-corrected chi connectivity index (χ4v) is 2.25. The maximum Gasteiger partial charge on any atom is 0.0208 e. The summed E-state index contributed by atoms with van der Waals surface area (Å²) in [6, 6.07) is 0. The number of rotatable bonds is 3. The lowest BCUT2D eigenvalue weighted by molar-refractivity contribution is 0.572. The molecule has 1 unspecified atom stereocenters. The van der Waals surface area contributed by atoms with E-state index in [0.29, 0.717) is 10.1 Å². The summed E-state index contributed by atoms with van der Waals surface area (Å²) in [6.07, 6.45) is 4.38. The first-order chi connectivity index (χ1) is 5.29. The highest BCUT2D eigenvalue weighted by atomic mass is 28.2. The number of allylic oxidation sites excluding steroid dienone is 3. The van der Waals surface area contributed by atoms with Crippen LogP contribution in [0.4, 0.5) is 0 Å². The van der Waals surface area contributed by atoms with Gasteiger partial charge in [-0.15, -0.1) is 6.58 Å². The summed E-state index contributed by atoms with van der Waals surface area (Å²) in [5, 5.41) is 0.755. The summed E-state index contributed by atoms with van der Waals surface area (Å²) in [4.78, 5) is 0. The van der Waals surface area contributed by atoms with Crippen LogP contribution in [0.1, 0.15) is 27.7 Å². The molecule has 0 N–H and O–H groups in total. The van der Waals surface area contributed by atoms with Crippen molar-refractivity contribution in [3.63, 3.8) is 0 Å². The van der Waals surface area contributed by atoms with E-state index in [1.807, 2.05) is 0 Å². The molecule has 0 aliphatic heterocycles. The normalized spacial score (nSPS) is 19.2. The van der Waals surface area contributed by atoms with Crippen LogP contribution >= 0.6 is 0 Å². The molecule has 0 aliphatic carbocycles. The molecule has 0 aliphatic rings. The van der Waals surface area contributed by atoms with Crippen molar-refractivity contribution in [1.29, 1.82) is 0 Å². The molecule has 70 valence electrons. The van der Waals surface area contributed by atoms with E-state index in [1.54, 1.807) is 0 Å². The van der Waals surface area contributed by atoms with Crippen molar-refractivity contribution < 1.29 is 0 Å². The van der Waals surface area contributed by atoms with Crippen LogP contribution in [0, 0.1) is 0 Å². The van der Waals surface area contributed by atoms with Gasteiger partial charge in [0.2, 0.25) is 0 Å². The Kier molecular flexibility index (Phi) is 3.72. The van der Waals surface area contributed by atoms with Crippen molar-refractivity contribution >= 4 is 20.5 Å². The minimum absolute atomic E-state index is 0.313. The molecule has 0 saturated heterocycles. The highest BCUT2D eigenvalue weighted by Gasteiger charge is 2.35. The fourth-order valence-electron chi connectivity index (χ4n) is 1.36. The molecule has 0 spiro atoms. The van der Waals surface area contributed by atoms with Gasteiger partial charge in [-0.05, 0) is 23.9 Å². The molecule has 1 atom stereocenters. The van der Waals surface area contributed by atoms with Gasteiger partial charge >= 0.3 is 0 Å². The summed E-state index contributed by atoms with van der Waals surface area (Å²) >= 11 is 0. The van der Waals surface area contributed by atoms with E-state index in [1.165, 1.54) is 26.1 Å². The predicted octanol–water partition coefficient (Wildman–Crippen LogP) is 1.23. The Morgan fingerprint density at radius 1 is 1.33 bits per heavy atom. The van der Waals surface area contributed by atoms with Crippen molar-refractivity contribution in [1.82, 2.24) is 0 Å². The molecule has 0 aromatic rings. The molecule has 0 radical (unpaired) electrons. The Hall–Kier alpha value is -0.0862. The van der Waals surface area contributed by atoms with Crippen LogP contribution in [-0.4, -0.2) is 20.5 Å². The third-order valence-electron chi connectivity index (χ3n) is 3.22. The van der Waals surface area contributed by atoms with Crippen molar-refractivity contribution in [2.24, 2.45) is 0 Å². The number of hydrogen-bond acceptors (Lipinski definition) is 0. The molecule has 0 heterocycles. The molecular formula is C10H22Si2. The second kappa shape index (κ2) is 3.75. The van der Waals surface area contributed by atoms with E-state index in [9.17, 15) is 0 Å². The van der Waals surface area contributed by atoms with Gasteiger partial charge in [-0.1, -0.05) is 31.6 Å². The lowest BCUT2D eigenvalue weighted by Gasteiger charge is -2.41. The molecule has 0 nitrogen and oxygen atoms in total.